The summed E-state index contributed by atoms with van der Waals surface area (Å²) in [4.78, 5) is 17.1. The fourth-order valence-corrected chi connectivity index (χ4v) is 2.72. The van der Waals surface area contributed by atoms with E-state index in [1.54, 1.807) is 0 Å². The molecule has 0 spiro atoms. The molecule has 0 saturated carbocycles. The van der Waals surface area contributed by atoms with Crippen LogP contribution in [0, 0.1) is 0 Å². The normalized spacial score (nSPS) is 21.1. The van der Waals surface area contributed by atoms with Gasteiger partial charge in [-0.3, -0.25) is 4.79 Å². The van der Waals surface area contributed by atoms with Gasteiger partial charge in [0, 0.05) is 6.54 Å². The van der Waals surface area contributed by atoms with Crippen LogP contribution < -0.4 is 4.90 Å². The van der Waals surface area contributed by atoms with Crippen LogP contribution in [0.15, 0.2) is 0 Å². The predicted molar refractivity (Wildman–Crippen MR) is 61.6 cm³/mol. The summed E-state index contributed by atoms with van der Waals surface area (Å²) in [7, 11) is 0. The average Bonchev–Trinajstić information content (AvgIpc) is 2.70. The lowest BCUT2D eigenvalue weighted by Crippen LogP contribution is -2.47. The molecule has 1 aromatic rings. The van der Waals surface area contributed by atoms with Gasteiger partial charge in [-0.25, -0.2) is 4.98 Å². The van der Waals surface area contributed by atoms with Crippen LogP contribution in [-0.4, -0.2) is 48.8 Å². The first-order chi connectivity index (χ1) is 7.76. The highest BCUT2D eigenvalue weighted by atomic mass is 35.5. The molecule has 0 aromatic carbocycles. The van der Waals surface area contributed by atoms with Crippen LogP contribution in [0.2, 0.25) is 5.15 Å². The molecule has 5 nitrogen and oxygen atoms in total. The van der Waals surface area contributed by atoms with E-state index >= 15 is 0 Å². The summed E-state index contributed by atoms with van der Waals surface area (Å²) >= 11 is 7.04. The minimum atomic E-state index is -0.115. The fourth-order valence-electron chi connectivity index (χ4n) is 1.56. The molecule has 1 saturated heterocycles. The Labute approximate surface area is 102 Å². The third-order valence-electron chi connectivity index (χ3n) is 2.39. The molecule has 0 bridgehead atoms. The molecular formula is C9H11ClN2O3S. The number of aromatic nitrogens is 1. The van der Waals surface area contributed by atoms with Gasteiger partial charge in [-0.1, -0.05) is 22.9 Å². The first-order valence-electron chi connectivity index (χ1n) is 4.83. The van der Waals surface area contributed by atoms with Gasteiger partial charge in [0.1, 0.15) is 4.88 Å². The van der Waals surface area contributed by atoms with Crippen LogP contribution >= 0.6 is 22.9 Å². The van der Waals surface area contributed by atoms with E-state index in [0.717, 1.165) is 0 Å². The van der Waals surface area contributed by atoms with Crippen molar-refractivity contribution < 1.29 is 14.6 Å². The van der Waals surface area contributed by atoms with Crippen LogP contribution in [0.1, 0.15) is 9.67 Å². The molecule has 0 amide bonds. The summed E-state index contributed by atoms with van der Waals surface area (Å²) < 4.78 is 5.26. The zero-order chi connectivity index (χ0) is 11.5. The van der Waals surface area contributed by atoms with E-state index in [1.807, 2.05) is 4.90 Å². The van der Waals surface area contributed by atoms with Gasteiger partial charge < -0.3 is 14.7 Å². The first-order valence-corrected chi connectivity index (χ1v) is 6.02. The predicted octanol–water partition coefficient (Wildman–Crippen LogP) is 0.806. The Morgan fingerprint density at radius 1 is 1.75 bits per heavy atom. The van der Waals surface area contributed by atoms with Gasteiger partial charge in [-0.05, 0) is 0 Å². The molecule has 0 radical (unpaired) electrons. The second-order valence-electron chi connectivity index (χ2n) is 3.37. The van der Waals surface area contributed by atoms with E-state index < -0.39 is 0 Å². The summed E-state index contributed by atoms with van der Waals surface area (Å²) in [5.74, 6) is 0. The van der Waals surface area contributed by atoms with Crippen molar-refractivity contribution in [2.75, 3.05) is 31.3 Å². The molecule has 88 valence electrons. The molecule has 1 atom stereocenters. The molecular weight excluding hydrogens is 252 g/mol. The molecule has 2 rings (SSSR count). The van der Waals surface area contributed by atoms with Crippen molar-refractivity contribution in [3.05, 3.63) is 10.0 Å². The maximum absolute atomic E-state index is 10.7. The topological polar surface area (TPSA) is 62.7 Å². The van der Waals surface area contributed by atoms with Gasteiger partial charge in [0.2, 0.25) is 0 Å². The minimum absolute atomic E-state index is 0.00633. The van der Waals surface area contributed by atoms with Crippen LogP contribution in [-0.2, 0) is 4.74 Å². The smallest absolute Gasteiger partial charge is 0.187 e. The van der Waals surface area contributed by atoms with E-state index in [-0.39, 0.29) is 17.8 Å². The number of carbonyl (C=O) groups excluding carboxylic acids is 1. The zero-order valence-corrected chi connectivity index (χ0v) is 10.00. The van der Waals surface area contributed by atoms with Crippen molar-refractivity contribution in [1.82, 2.24) is 4.98 Å². The summed E-state index contributed by atoms with van der Waals surface area (Å²) in [6.45, 7) is 1.69. The summed E-state index contributed by atoms with van der Waals surface area (Å²) in [5.41, 5.74) is 0. The van der Waals surface area contributed by atoms with Gasteiger partial charge in [0.15, 0.2) is 16.6 Å². The SMILES string of the molecule is O=Cc1sc(N2CCOCC2CO)nc1Cl. The minimum Gasteiger partial charge on any atom is -0.394 e. The number of thiazole rings is 1. The Balaban J connectivity index is 2.23. The number of nitrogens with zero attached hydrogens (tertiary/aromatic N) is 2. The van der Waals surface area contributed by atoms with Crippen molar-refractivity contribution in [3.63, 3.8) is 0 Å². The van der Waals surface area contributed by atoms with Crippen molar-refractivity contribution in [1.29, 1.82) is 0 Å². The molecule has 1 aliphatic heterocycles. The molecule has 2 heterocycles. The van der Waals surface area contributed by atoms with Gasteiger partial charge >= 0.3 is 0 Å². The van der Waals surface area contributed by atoms with Crippen molar-refractivity contribution in [2.45, 2.75) is 6.04 Å². The number of rotatable bonds is 3. The molecule has 1 N–H and O–H groups in total. The van der Waals surface area contributed by atoms with Gasteiger partial charge in [-0.15, -0.1) is 0 Å². The largest absolute Gasteiger partial charge is 0.394 e. The van der Waals surface area contributed by atoms with Crippen LogP contribution in [0.4, 0.5) is 5.13 Å². The maximum atomic E-state index is 10.7. The number of halogens is 1. The lowest BCUT2D eigenvalue weighted by molar-refractivity contribution is 0.0727. The quantitative estimate of drug-likeness (QED) is 0.817. The van der Waals surface area contributed by atoms with Crippen LogP contribution in [0.25, 0.3) is 0 Å². The number of aliphatic hydroxyl groups is 1. The Morgan fingerprint density at radius 2 is 2.56 bits per heavy atom. The average molecular weight is 263 g/mol. The number of carbonyl (C=O) groups is 1. The fraction of sp³-hybridized carbons (Fsp3) is 0.556. The third-order valence-corrected chi connectivity index (χ3v) is 3.81. The molecule has 0 aliphatic carbocycles. The standard InChI is InChI=1S/C9H11ClN2O3S/c10-8-7(4-14)16-9(11-8)12-1-2-15-5-6(12)3-13/h4,6,13H,1-3,5H2. The van der Waals surface area contributed by atoms with E-state index in [4.69, 9.17) is 16.3 Å². The zero-order valence-electron chi connectivity index (χ0n) is 8.43. The van der Waals surface area contributed by atoms with Gasteiger partial charge in [0.05, 0.1) is 25.9 Å². The molecule has 1 fully saturated rings. The van der Waals surface area contributed by atoms with E-state index in [1.165, 1.54) is 11.3 Å². The number of aliphatic hydroxyl groups excluding tert-OH is 1. The van der Waals surface area contributed by atoms with E-state index in [9.17, 15) is 9.90 Å². The Morgan fingerprint density at radius 3 is 3.19 bits per heavy atom. The Bertz CT molecular complexity index is 385. The molecule has 1 aliphatic rings. The van der Waals surface area contributed by atoms with E-state index in [0.29, 0.717) is 36.1 Å². The number of ether oxygens (including phenoxy) is 1. The maximum Gasteiger partial charge on any atom is 0.187 e. The first kappa shape index (κ1) is 11.8. The third kappa shape index (κ3) is 2.20. The highest BCUT2D eigenvalue weighted by Gasteiger charge is 2.25. The van der Waals surface area contributed by atoms with Gasteiger partial charge in [0.25, 0.3) is 0 Å². The lowest BCUT2D eigenvalue weighted by atomic mass is 10.2. The summed E-state index contributed by atoms with van der Waals surface area (Å²) in [6.07, 6.45) is 0.692. The Hall–Kier alpha value is -0.690. The Kier molecular flexibility index (Phi) is 3.75. The van der Waals surface area contributed by atoms with Crippen molar-refractivity contribution >= 4 is 34.4 Å². The van der Waals surface area contributed by atoms with Crippen molar-refractivity contribution in [2.24, 2.45) is 0 Å². The molecule has 1 unspecified atom stereocenters. The number of anilines is 1. The van der Waals surface area contributed by atoms with Gasteiger partial charge in [-0.2, -0.15) is 0 Å². The molecule has 16 heavy (non-hydrogen) atoms. The molecule has 1 aromatic heterocycles. The summed E-state index contributed by atoms with van der Waals surface area (Å²) in [5, 5.41) is 10.1. The van der Waals surface area contributed by atoms with Crippen molar-refractivity contribution in [3.8, 4) is 0 Å². The number of aldehydes is 1. The molecule has 7 heteroatoms. The van der Waals surface area contributed by atoms with E-state index in [2.05, 4.69) is 4.98 Å². The summed E-state index contributed by atoms with van der Waals surface area (Å²) in [6, 6.07) is -0.115. The monoisotopic (exact) mass is 262 g/mol. The van der Waals surface area contributed by atoms with Crippen LogP contribution in [0.3, 0.4) is 0 Å². The highest BCUT2D eigenvalue weighted by molar-refractivity contribution is 7.17. The lowest BCUT2D eigenvalue weighted by Gasteiger charge is -2.34. The number of morpholine rings is 1. The highest BCUT2D eigenvalue weighted by Crippen LogP contribution is 2.30. The number of hydrogen-bond acceptors (Lipinski definition) is 6. The second kappa shape index (κ2) is 5.09. The van der Waals surface area contributed by atoms with Crippen LogP contribution in [0.5, 0.6) is 0 Å². The number of hydrogen-bond donors (Lipinski definition) is 1. The second-order valence-corrected chi connectivity index (χ2v) is 4.74.